The molecule has 1 heterocycles. The largest absolute Gasteiger partial charge is 0.447 e. The normalized spacial score (nSPS) is 13.3. The van der Waals surface area contributed by atoms with Crippen molar-refractivity contribution in [2.75, 3.05) is 6.54 Å². The van der Waals surface area contributed by atoms with Crippen molar-refractivity contribution in [2.45, 2.75) is 36.9 Å². The molecule has 0 aliphatic rings. The number of amides is 1. The molecule has 8 heteroatoms. The lowest BCUT2D eigenvalue weighted by molar-refractivity contribution is -0.0329. The maximum absolute atomic E-state index is 12.4. The van der Waals surface area contributed by atoms with Crippen molar-refractivity contribution in [1.29, 1.82) is 0 Å². The maximum atomic E-state index is 12.4. The molecule has 0 aliphatic carbocycles. The molecule has 118 valence electrons. The minimum atomic E-state index is -4.50. The first-order valence-electron chi connectivity index (χ1n) is 6.37. The molecular weight excluding hydrogens is 305 g/mol. The molecule has 0 saturated heterocycles. The van der Waals surface area contributed by atoms with Crippen molar-refractivity contribution >= 4 is 17.7 Å². The summed E-state index contributed by atoms with van der Waals surface area (Å²) in [5.74, 6) is -0.581. The van der Waals surface area contributed by atoms with Gasteiger partial charge in [-0.15, -0.1) is 0 Å². The van der Waals surface area contributed by atoms with Crippen LogP contribution >= 0.6 is 11.8 Å². The molecule has 1 rings (SSSR count). The minimum absolute atomic E-state index is 0.0524. The summed E-state index contributed by atoms with van der Waals surface area (Å²) in [5, 5.41) is 11.7. The summed E-state index contributed by atoms with van der Waals surface area (Å²) in [6.07, 6.45) is 0.974. The van der Waals surface area contributed by atoms with Crippen molar-refractivity contribution in [2.24, 2.45) is 5.92 Å². The van der Waals surface area contributed by atoms with Crippen LogP contribution in [0, 0.1) is 5.92 Å². The van der Waals surface area contributed by atoms with Crippen LogP contribution in [0.5, 0.6) is 0 Å². The van der Waals surface area contributed by atoms with E-state index in [4.69, 9.17) is 0 Å². The molecule has 1 amide bonds. The average Bonchev–Trinajstić information content (AvgIpc) is 2.37. The first-order chi connectivity index (χ1) is 9.70. The Bertz CT molecular complexity index is 481. The van der Waals surface area contributed by atoms with E-state index in [-0.39, 0.29) is 23.1 Å². The molecule has 0 spiro atoms. The van der Waals surface area contributed by atoms with Gasteiger partial charge in [0.15, 0.2) is 0 Å². The van der Waals surface area contributed by atoms with Crippen molar-refractivity contribution in [1.82, 2.24) is 10.3 Å². The number of nitrogens with zero attached hydrogens (tertiary/aromatic N) is 1. The number of aromatic nitrogens is 1. The molecule has 0 aliphatic heterocycles. The highest BCUT2D eigenvalue weighted by atomic mass is 32.2. The number of halogens is 3. The highest BCUT2D eigenvalue weighted by Crippen LogP contribution is 2.37. The number of hydrogen-bond donors (Lipinski definition) is 2. The Morgan fingerprint density at radius 2 is 2.14 bits per heavy atom. The number of thioether (sulfide) groups is 1. The lowest BCUT2D eigenvalue weighted by atomic mass is 10.0. The van der Waals surface area contributed by atoms with Crippen LogP contribution in [-0.4, -0.2) is 34.2 Å². The highest BCUT2D eigenvalue weighted by molar-refractivity contribution is 8.00. The monoisotopic (exact) mass is 322 g/mol. The van der Waals surface area contributed by atoms with Gasteiger partial charge in [-0.25, -0.2) is 4.98 Å². The van der Waals surface area contributed by atoms with E-state index >= 15 is 0 Å². The molecule has 21 heavy (non-hydrogen) atoms. The summed E-state index contributed by atoms with van der Waals surface area (Å²) in [7, 11) is 0. The van der Waals surface area contributed by atoms with Gasteiger partial charge in [-0.05, 0) is 24.5 Å². The van der Waals surface area contributed by atoms with E-state index in [1.807, 2.05) is 13.8 Å². The van der Waals surface area contributed by atoms with Crippen LogP contribution in [0.3, 0.4) is 0 Å². The van der Waals surface area contributed by atoms with Crippen molar-refractivity contribution in [3.63, 3.8) is 0 Å². The number of alkyl halides is 3. The molecule has 1 aromatic heterocycles. The fourth-order valence-electron chi connectivity index (χ4n) is 1.52. The molecule has 1 atom stereocenters. The fourth-order valence-corrected chi connectivity index (χ4v) is 2.12. The van der Waals surface area contributed by atoms with Gasteiger partial charge in [0.05, 0.1) is 11.7 Å². The highest BCUT2D eigenvalue weighted by Gasteiger charge is 2.32. The first-order valence-corrected chi connectivity index (χ1v) is 7.19. The van der Waals surface area contributed by atoms with E-state index in [1.165, 1.54) is 18.3 Å². The Morgan fingerprint density at radius 1 is 1.48 bits per heavy atom. The smallest absolute Gasteiger partial charge is 0.393 e. The molecule has 0 saturated carbocycles. The number of carbonyl (C=O) groups excluding carboxylic acids is 1. The zero-order valence-electron chi connectivity index (χ0n) is 11.6. The van der Waals surface area contributed by atoms with E-state index < -0.39 is 29.3 Å². The zero-order valence-corrected chi connectivity index (χ0v) is 12.5. The van der Waals surface area contributed by atoms with Gasteiger partial charge in [-0.3, -0.25) is 4.79 Å². The van der Waals surface area contributed by atoms with Crippen molar-refractivity contribution in [3.05, 3.63) is 23.9 Å². The van der Waals surface area contributed by atoms with Crippen LogP contribution in [0.4, 0.5) is 13.2 Å². The summed E-state index contributed by atoms with van der Waals surface area (Å²) in [6.45, 7) is 3.86. The van der Waals surface area contributed by atoms with Gasteiger partial charge in [-0.1, -0.05) is 13.8 Å². The van der Waals surface area contributed by atoms with E-state index in [0.29, 0.717) is 6.42 Å². The minimum Gasteiger partial charge on any atom is -0.393 e. The fraction of sp³-hybridized carbons (Fsp3) is 0.538. The Hall–Kier alpha value is -1.28. The molecule has 4 nitrogen and oxygen atoms in total. The van der Waals surface area contributed by atoms with Gasteiger partial charge >= 0.3 is 5.51 Å². The molecule has 1 aromatic rings. The van der Waals surface area contributed by atoms with Crippen LogP contribution in [0.15, 0.2) is 23.4 Å². The average molecular weight is 322 g/mol. The molecular formula is C13H17F3N2O2S. The third-order valence-electron chi connectivity index (χ3n) is 2.72. The second-order valence-electron chi connectivity index (χ2n) is 4.76. The third-order valence-corrected chi connectivity index (χ3v) is 3.47. The van der Waals surface area contributed by atoms with Crippen LogP contribution in [0.1, 0.15) is 30.6 Å². The number of hydrogen-bond acceptors (Lipinski definition) is 4. The number of aliphatic hydroxyl groups excluding tert-OH is 1. The number of nitrogens with one attached hydrogen (secondary N) is 1. The SMILES string of the molecule is CC(C)C(O)CCNC(=O)c1cccnc1SC(F)(F)F. The summed E-state index contributed by atoms with van der Waals surface area (Å²) < 4.78 is 37.2. The van der Waals surface area contributed by atoms with Gasteiger partial charge in [0.25, 0.3) is 5.91 Å². The van der Waals surface area contributed by atoms with Gasteiger partial charge in [-0.2, -0.15) is 13.2 Å². The van der Waals surface area contributed by atoms with Crippen molar-refractivity contribution in [3.8, 4) is 0 Å². The van der Waals surface area contributed by atoms with Crippen LogP contribution in [-0.2, 0) is 0 Å². The van der Waals surface area contributed by atoms with E-state index in [2.05, 4.69) is 10.3 Å². The first kappa shape index (κ1) is 17.8. The Balaban J connectivity index is 2.66. The molecule has 0 fully saturated rings. The van der Waals surface area contributed by atoms with E-state index in [9.17, 15) is 23.1 Å². The lowest BCUT2D eigenvalue weighted by Gasteiger charge is -2.15. The Labute approximate surface area is 125 Å². The number of aliphatic hydroxyl groups is 1. The van der Waals surface area contributed by atoms with Gasteiger partial charge in [0, 0.05) is 24.5 Å². The van der Waals surface area contributed by atoms with Gasteiger partial charge in [0.1, 0.15) is 5.03 Å². The molecule has 2 N–H and O–H groups in total. The second-order valence-corrected chi connectivity index (χ2v) is 5.81. The zero-order chi connectivity index (χ0) is 16.0. The number of pyridine rings is 1. The summed E-state index contributed by atoms with van der Waals surface area (Å²) >= 11 is -0.421. The van der Waals surface area contributed by atoms with E-state index in [1.54, 1.807) is 0 Å². The quantitative estimate of drug-likeness (QED) is 0.791. The third kappa shape index (κ3) is 6.34. The molecule has 1 unspecified atom stereocenters. The van der Waals surface area contributed by atoms with Gasteiger partial charge in [0.2, 0.25) is 0 Å². The number of carbonyl (C=O) groups is 1. The molecule has 0 bridgehead atoms. The Kier molecular flexibility index (Phi) is 6.47. The lowest BCUT2D eigenvalue weighted by Crippen LogP contribution is -2.29. The maximum Gasteiger partial charge on any atom is 0.447 e. The van der Waals surface area contributed by atoms with Gasteiger partial charge < -0.3 is 10.4 Å². The van der Waals surface area contributed by atoms with Crippen LogP contribution in [0.2, 0.25) is 0 Å². The van der Waals surface area contributed by atoms with E-state index in [0.717, 1.165) is 0 Å². The van der Waals surface area contributed by atoms with Crippen molar-refractivity contribution < 1.29 is 23.1 Å². The van der Waals surface area contributed by atoms with Crippen LogP contribution < -0.4 is 5.32 Å². The molecule has 0 aromatic carbocycles. The topological polar surface area (TPSA) is 62.2 Å². The summed E-state index contributed by atoms with van der Waals surface area (Å²) in [4.78, 5) is 15.5. The molecule has 0 radical (unpaired) electrons. The predicted octanol–water partition coefficient (Wildman–Crippen LogP) is 2.83. The second kappa shape index (κ2) is 7.65. The number of rotatable bonds is 6. The Morgan fingerprint density at radius 3 is 2.71 bits per heavy atom. The predicted molar refractivity (Wildman–Crippen MR) is 73.9 cm³/mol. The standard InChI is InChI=1S/C13H17F3N2O2S/c1-8(2)10(19)5-7-17-11(20)9-4-3-6-18-12(9)21-13(14,15)16/h3-4,6,8,10,19H,5,7H2,1-2H3,(H,17,20). The van der Waals surface area contributed by atoms with Crippen LogP contribution in [0.25, 0.3) is 0 Å². The summed E-state index contributed by atoms with van der Waals surface area (Å²) in [6, 6.07) is 2.69. The summed E-state index contributed by atoms with van der Waals surface area (Å²) in [5.41, 5.74) is -4.63.